The molecule has 0 saturated carbocycles. The molecule has 0 spiro atoms. The Labute approximate surface area is 171 Å². The average Bonchev–Trinajstić information content (AvgIpc) is 2.78. The minimum absolute atomic E-state index is 0.0953. The van der Waals surface area contributed by atoms with Crippen LogP contribution in [0.5, 0.6) is 23.0 Å². The standard InChI is InChI=1S/C23H26N2O4/c1-16(18-9-6-5-7-10-18)29-19-11-8-12-24-23(19)25-15-17-13-20(26-2)22(28-4)21(14-17)27-3/h5-14,16H,15H2,1-4H3,(H,24,25)/t16-/m0/s1. The van der Waals surface area contributed by atoms with Gasteiger partial charge in [-0.1, -0.05) is 30.3 Å². The summed E-state index contributed by atoms with van der Waals surface area (Å²) in [6.07, 6.45) is 1.64. The van der Waals surface area contributed by atoms with Gasteiger partial charge in [0, 0.05) is 12.7 Å². The fourth-order valence-corrected chi connectivity index (χ4v) is 3.02. The van der Waals surface area contributed by atoms with E-state index in [0.717, 1.165) is 11.1 Å². The number of rotatable bonds is 9. The lowest BCUT2D eigenvalue weighted by Crippen LogP contribution is -2.08. The average molecular weight is 394 g/mol. The molecular weight excluding hydrogens is 368 g/mol. The number of aromatic nitrogens is 1. The molecule has 1 heterocycles. The molecule has 1 aromatic heterocycles. The molecule has 29 heavy (non-hydrogen) atoms. The molecule has 0 fully saturated rings. The number of benzene rings is 2. The van der Waals surface area contributed by atoms with Crippen molar-refractivity contribution in [2.75, 3.05) is 26.6 Å². The van der Waals surface area contributed by atoms with E-state index in [1.165, 1.54) is 0 Å². The fraction of sp³-hybridized carbons (Fsp3) is 0.261. The Balaban J connectivity index is 1.76. The zero-order chi connectivity index (χ0) is 20.6. The van der Waals surface area contributed by atoms with Crippen LogP contribution in [-0.2, 0) is 6.54 Å². The van der Waals surface area contributed by atoms with Gasteiger partial charge in [0.1, 0.15) is 6.10 Å². The molecule has 6 nitrogen and oxygen atoms in total. The number of pyridine rings is 1. The molecule has 0 aliphatic heterocycles. The Morgan fingerprint density at radius 2 is 1.55 bits per heavy atom. The van der Waals surface area contributed by atoms with Crippen LogP contribution in [0.4, 0.5) is 5.82 Å². The zero-order valence-corrected chi connectivity index (χ0v) is 17.1. The lowest BCUT2D eigenvalue weighted by atomic mass is 10.1. The molecule has 1 atom stereocenters. The first kappa shape index (κ1) is 20.3. The van der Waals surface area contributed by atoms with Gasteiger partial charge in [-0.3, -0.25) is 0 Å². The summed E-state index contributed by atoms with van der Waals surface area (Å²) >= 11 is 0. The van der Waals surface area contributed by atoms with Crippen LogP contribution in [0.3, 0.4) is 0 Å². The van der Waals surface area contributed by atoms with Gasteiger partial charge in [-0.05, 0) is 42.3 Å². The second kappa shape index (κ2) is 9.68. The normalized spacial score (nSPS) is 11.4. The highest BCUT2D eigenvalue weighted by Crippen LogP contribution is 2.38. The molecule has 0 aliphatic rings. The van der Waals surface area contributed by atoms with Crippen LogP contribution >= 0.6 is 0 Å². The summed E-state index contributed by atoms with van der Waals surface area (Å²) in [6.45, 7) is 2.54. The molecule has 2 aromatic carbocycles. The number of methoxy groups -OCH3 is 3. The monoisotopic (exact) mass is 394 g/mol. The molecule has 6 heteroatoms. The van der Waals surface area contributed by atoms with Gasteiger partial charge in [-0.2, -0.15) is 0 Å². The maximum absolute atomic E-state index is 6.15. The van der Waals surface area contributed by atoms with E-state index < -0.39 is 0 Å². The number of hydrogen-bond acceptors (Lipinski definition) is 6. The van der Waals surface area contributed by atoms with E-state index in [9.17, 15) is 0 Å². The molecule has 0 amide bonds. The number of nitrogens with one attached hydrogen (secondary N) is 1. The van der Waals surface area contributed by atoms with E-state index in [1.54, 1.807) is 27.5 Å². The van der Waals surface area contributed by atoms with Gasteiger partial charge in [-0.15, -0.1) is 0 Å². The van der Waals surface area contributed by atoms with Crippen molar-refractivity contribution in [3.05, 3.63) is 71.9 Å². The van der Waals surface area contributed by atoms with Gasteiger partial charge in [0.15, 0.2) is 23.1 Å². The highest BCUT2D eigenvalue weighted by molar-refractivity contribution is 5.55. The summed E-state index contributed by atoms with van der Waals surface area (Å²) in [4.78, 5) is 4.44. The van der Waals surface area contributed by atoms with Crippen molar-refractivity contribution in [1.29, 1.82) is 0 Å². The molecule has 0 bridgehead atoms. The first-order valence-corrected chi connectivity index (χ1v) is 9.35. The Bertz CT molecular complexity index is 906. The molecular formula is C23H26N2O4. The maximum atomic E-state index is 6.15. The lowest BCUT2D eigenvalue weighted by Gasteiger charge is -2.18. The Kier molecular flexibility index (Phi) is 6.79. The Morgan fingerprint density at radius 1 is 0.862 bits per heavy atom. The minimum Gasteiger partial charge on any atom is -0.493 e. The predicted octanol–water partition coefficient (Wildman–Crippen LogP) is 4.86. The van der Waals surface area contributed by atoms with Crippen LogP contribution in [0.15, 0.2) is 60.8 Å². The van der Waals surface area contributed by atoms with E-state index in [0.29, 0.717) is 35.4 Å². The molecule has 3 aromatic rings. The fourth-order valence-electron chi connectivity index (χ4n) is 3.02. The second-order valence-electron chi connectivity index (χ2n) is 6.41. The van der Waals surface area contributed by atoms with Crippen molar-refractivity contribution in [1.82, 2.24) is 4.98 Å². The maximum Gasteiger partial charge on any atom is 0.203 e. The molecule has 3 rings (SSSR count). The quantitative estimate of drug-likeness (QED) is 0.559. The van der Waals surface area contributed by atoms with Gasteiger partial charge >= 0.3 is 0 Å². The third-order valence-electron chi connectivity index (χ3n) is 4.53. The number of anilines is 1. The summed E-state index contributed by atoms with van der Waals surface area (Å²) < 4.78 is 22.4. The number of hydrogen-bond donors (Lipinski definition) is 1. The van der Waals surface area contributed by atoms with Crippen LogP contribution in [0.25, 0.3) is 0 Å². The topological polar surface area (TPSA) is 61.8 Å². The van der Waals surface area contributed by atoms with E-state index in [-0.39, 0.29) is 6.10 Å². The molecule has 1 N–H and O–H groups in total. The van der Waals surface area contributed by atoms with Gasteiger partial charge in [0.2, 0.25) is 5.75 Å². The van der Waals surface area contributed by atoms with Crippen molar-refractivity contribution in [3.63, 3.8) is 0 Å². The largest absolute Gasteiger partial charge is 0.493 e. The number of ether oxygens (including phenoxy) is 4. The van der Waals surface area contributed by atoms with Gasteiger partial charge < -0.3 is 24.3 Å². The summed E-state index contributed by atoms with van der Waals surface area (Å²) in [5.74, 6) is 3.15. The van der Waals surface area contributed by atoms with Gasteiger partial charge in [0.25, 0.3) is 0 Å². The van der Waals surface area contributed by atoms with Gasteiger partial charge in [-0.25, -0.2) is 4.98 Å². The van der Waals surface area contributed by atoms with Crippen LogP contribution in [0.2, 0.25) is 0 Å². The molecule has 152 valence electrons. The second-order valence-corrected chi connectivity index (χ2v) is 6.41. The zero-order valence-electron chi connectivity index (χ0n) is 17.1. The lowest BCUT2D eigenvalue weighted by molar-refractivity contribution is 0.227. The molecule has 0 aliphatic carbocycles. The predicted molar refractivity (Wildman–Crippen MR) is 113 cm³/mol. The van der Waals surface area contributed by atoms with E-state index in [2.05, 4.69) is 10.3 Å². The Hall–Kier alpha value is -3.41. The number of nitrogens with zero attached hydrogens (tertiary/aromatic N) is 1. The van der Waals surface area contributed by atoms with Crippen LogP contribution in [0, 0.1) is 0 Å². The Morgan fingerprint density at radius 3 is 2.17 bits per heavy atom. The van der Waals surface area contributed by atoms with Crippen molar-refractivity contribution in [3.8, 4) is 23.0 Å². The van der Waals surface area contributed by atoms with Crippen LogP contribution in [-0.4, -0.2) is 26.3 Å². The van der Waals surface area contributed by atoms with E-state index >= 15 is 0 Å². The highest BCUT2D eigenvalue weighted by atomic mass is 16.5. The van der Waals surface area contributed by atoms with Gasteiger partial charge in [0.05, 0.1) is 21.3 Å². The van der Waals surface area contributed by atoms with Crippen LogP contribution < -0.4 is 24.3 Å². The summed E-state index contributed by atoms with van der Waals surface area (Å²) in [5, 5.41) is 3.34. The van der Waals surface area contributed by atoms with E-state index in [1.807, 2.05) is 61.5 Å². The first-order chi connectivity index (χ1) is 14.2. The summed E-state index contributed by atoms with van der Waals surface area (Å²) in [7, 11) is 4.79. The van der Waals surface area contributed by atoms with E-state index in [4.69, 9.17) is 18.9 Å². The molecule has 0 radical (unpaired) electrons. The minimum atomic E-state index is -0.0953. The van der Waals surface area contributed by atoms with Crippen molar-refractivity contribution < 1.29 is 18.9 Å². The first-order valence-electron chi connectivity index (χ1n) is 9.35. The third-order valence-corrected chi connectivity index (χ3v) is 4.53. The third kappa shape index (κ3) is 4.90. The smallest absolute Gasteiger partial charge is 0.203 e. The summed E-state index contributed by atoms with van der Waals surface area (Å²) in [5.41, 5.74) is 2.07. The highest BCUT2D eigenvalue weighted by Gasteiger charge is 2.14. The molecule has 0 unspecified atom stereocenters. The van der Waals surface area contributed by atoms with Crippen molar-refractivity contribution in [2.24, 2.45) is 0 Å². The molecule has 0 saturated heterocycles. The van der Waals surface area contributed by atoms with Crippen molar-refractivity contribution >= 4 is 5.82 Å². The summed E-state index contributed by atoms with van der Waals surface area (Å²) in [6, 6.07) is 17.7. The SMILES string of the molecule is COc1cc(CNc2ncccc2O[C@@H](C)c2ccccc2)cc(OC)c1OC. The van der Waals surface area contributed by atoms with Crippen molar-refractivity contribution in [2.45, 2.75) is 19.6 Å². The van der Waals surface area contributed by atoms with Crippen LogP contribution in [0.1, 0.15) is 24.2 Å².